The van der Waals surface area contributed by atoms with Crippen molar-refractivity contribution in [3.8, 4) is 0 Å². The molecule has 0 aromatic heterocycles. The number of nitro benzene ring substituents is 1. The molecule has 1 aliphatic rings. The standard InChI is InChI=1S/C12H15N3O3/c1-13-12-9(4-2-5-10(12)15(17)18)8-14-7-3-6-11(14)16/h2,4-5,13H,3,6-8H2,1H3. The fourth-order valence-electron chi connectivity index (χ4n) is 2.24. The zero-order valence-corrected chi connectivity index (χ0v) is 10.2. The van der Waals surface area contributed by atoms with Gasteiger partial charge in [0.25, 0.3) is 5.69 Å². The summed E-state index contributed by atoms with van der Waals surface area (Å²) in [5.41, 5.74) is 1.31. The second-order valence-electron chi connectivity index (χ2n) is 4.24. The quantitative estimate of drug-likeness (QED) is 0.651. The Bertz CT molecular complexity index is 487. The van der Waals surface area contributed by atoms with Crippen LogP contribution in [0.2, 0.25) is 0 Å². The van der Waals surface area contributed by atoms with Crippen molar-refractivity contribution < 1.29 is 9.72 Å². The lowest BCUT2D eigenvalue weighted by Gasteiger charge is -2.17. The Hall–Kier alpha value is -2.11. The van der Waals surface area contributed by atoms with E-state index in [4.69, 9.17) is 0 Å². The molecule has 0 radical (unpaired) electrons. The molecule has 1 N–H and O–H groups in total. The number of hydrogen-bond acceptors (Lipinski definition) is 4. The maximum Gasteiger partial charge on any atom is 0.292 e. The monoisotopic (exact) mass is 249 g/mol. The normalized spacial score (nSPS) is 14.9. The first kappa shape index (κ1) is 12.3. The van der Waals surface area contributed by atoms with Gasteiger partial charge in [0.1, 0.15) is 5.69 Å². The third-order valence-electron chi connectivity index (χ3n) is 3.11. The van der Waals surface area contributed by atoms with Gasteiger partial charge in [0.15, 0.2) is 0 Å². The van der Waals surface area contributed by atoms with Crippen molar-refractivity contribution in [1.29, 1.82) is 0 Å². The average Bonchev–Trinajstić information content (AvgIpc) is 2.74. The first-order valence-corrected chi connectivity index (χ1v) is 5.85. The lowest BCUT2D eigenvalue weighted by atomic mass is 10.1. The van der Waals surface area contributed by atoms with Gasteiger partial charge >= 0.3 is 0 Å². The van der Waals surface area contributed by atoms with Crippen LogP contribution in [0.4, 0.5) is 11.4 Å². The summed E-state index contributed by atoms with van der Waals surface area (Å²) >= 11 is 0. The fraction of sp³-hybridized carbons (Fsp3) is 0.417. The fourth-order valence-corrected chi connectivity index (χ4v) is 2.24. The summed E-state index contributed by atoms with van der Waals surface area (Å²) in [5, 5.41) is 13.8. The van der Waals surface area contributed by atoms with E-state index >= 15 is 0 Å². The molecular weight excluding hydrogens is 234 g/mol. The Labute approximate surface area is 105 Å². The Kier molecular flexibility index (Phi) is 3.45. The van der Waals surface area contributed by atoms with Crippen LogP contribution in [0, 0.1) is 10.1 Å². The van der Waals surface area contributed by atoms with E-state index < -0.39 is 4.92 Å². The molecule has 18 heavy (non-hydrogen) atoms. The van der Waals surface area contributed by atoms with E-state index in [-0.39, 0.29) is 11.6 Å². The maximum atomic E-state index is 11.6. The van der Waals surface area contributed by atoms with Crippen LogP contribution >= 0.6 is 0 Å². The molecule has 0 atom stereocenters. The molecule has 6 heteroatoms. The van der Waals surface area contributed by atoms with Gasteiger partial charge in [-0.05, 0) is 6.42 Å². The summed E-state index contributed by atoms with van der Waals surface area (Å²) in [4.78, 5) is 23.8. The minimum Gasteiger partial charge on any atom is -0.382 e. The van der Waals surface area contributed by atoms with E-state index in [1.54, 1.807) is 18.0 Å². The van der Waals surface area contributed by atoms with Crippen molar-refractivity contribution in [3.63, 3.8) is 0 Å². The summed E-state index contributed by atoms with van der Waals surface area (Å²) in [5.74, 6) is 0.114. The van der Waals surface area contributed by atoms with Crippen LogP contribution in [0.3, 0.4) is 0 Å². The van der Waals surface area contributed by atoms with Crippen molar-refractivity contribution in [2.45, 2.75) is 19.4 Å². The van der Waals surface area contributed by atoms with E-state index in [0.29, 0.717) is 18.7 Å². The molecule has 1 heterocycles. The van der Waals surface area contributed by atoms with Gasteiger partial charge in [-0.2, -0.15) is 0 Å². The number of anilines is 1. The van der Waals surface area contributed by atoms with E-state index in [1.165, 1.54) is 6.07 Å². The zero-order chi connectivity index (χ0) is 13.1. The maximum absolute atomic E-state index is 11.6. The summed E-state index contributed by atoms with van der Waals surface area (Å²) in [6.07, 6.45) is 1.44. The molecule has 1 fully saturated rings. The lowest BCUT2D eigenvalue weighted by molar-refractivity contribution is -0.384. The number of hydrogen-bond donors (Lipinski definition) is 1. The van der Waals surface area contributed by atoms with Gasteiger partial charge in [0.2, 0.25) is 5.91 Å². The SMILES string of the molecule is CNc1c(CN2CCCC2=O)cccc1[N+](=O)[O-]. The third-order valence-corrected chi connectivity index (χ3v) is 3.11. The van der Waals surface area contributed by atoms with Crippen LogP contribution < -0.4 is 5.32 Å². The smallest absolute Gasteiger partial charge is 0.292 e. The second kappa shape index (κ2) is 5.03. The topological polar surface area (TPSA) is 75.5 Å². The molecule has 1 aromatic carbocycles. The van der Waals surface area contributed by atoms with Crippen LogP contribution in [0.5, 0.6) is 0 Å². The predicted molar refractivity (Wildman–Crippen MR) is 67.3 cm³/mol. The molecule has 0 unspecified atom stereocenters. The minimum atomic E-state index is -0.416. The molecule has 0 aliphatic carbocycles. The van der Waals surface area contributed by atoms with Gasteiger partial charge in [-0.1, -0.05) is 12.1 Å². The number of carbonyl (C=O) groups excluding carboxylic acids is 1. The van der Waals surface area contributed by atoms with Gasteiger partial charge in [-0.3, -0.25) is 14.9 Å². The third kappa shape index (κ3) is 2.27. The molecule has 0 saturated carbocycles. The Balaban J connectivity index is 2.29. The van der Waals surface area contributed by atoms with Crippen LogP contribution in [-0.4, -0.2) is 29.3 Å². The average molecular weight is 249 g/mol. The second-order valence-corrected chi connectivity index (χ2v) is 4.24. The minimum absolute atomic E-state index is 0.0432. The summed E-state index contributed by atoms with van der Waals surface area (Å²) in [6.45, 7) is 1.15. The molecule has 96 valence electrons. The first-order chi connectivity index (χ1) is 8.63. The molecule has 0 bridgehead atoms. The van der Waals surface area contributed by atoms with Crippen LogP contribution in [0.25, 0.3) is 0 Å². The molecular formula is C12H15N3O3. The highest BCUT2D eigenvalue weighted by Gasteiger charge is 2.23. The number of nitro groups is 1. The van der Waals surface area contributed by atoms with Gasteiger partial charge in [-0.25, -0.2) is 0 Å². The van der Waals surface area contributed by atoms with Crippen molar-refractivity contribution in [3.05, 3.63) is 33.9 Å². The number of nitrogens with one attached hydrogen (secondary N) is 1. The molecule has 1 aliphatic heterocycles. The van der Waals surface area contributed by atoms with E-state index in [2.05, 4.69) is 5.32 Å². The van der Waals surface area contributed by atoms with Crippen LogP contribution in [-0.2, 0) is 11.3 Å². The molecule has 1 aromatic rings. The van der Waals surface area contributed by atoms with Gasteiger partial charge in [-0.15, -0.1) is 0 Å². The summed E-state index contributed by atoms with van der Waals surface area (Å²) in [7, 11) is 1.65. The summed E-state index contributed by atoms with van der Waals surface area (Å²) in [6, 6.07) is 4.92. The van der Waals surface area contributed by atoms with E-state index in [1.807, 2.05) is 6.07 Å². The molecule has 1 amide bonds. The molecule has 1 saturated heterocycles. The highest BCUT2D eigenvalue weighted by molar-refractivity contribution is 5.78. The van der Waals surface area contributed by atoms with Crippen molar-refractivity contribution in [2.24, 2.45) is 0 Å². The van der Waals surface area contributed by atoms with Crippen molar-refractivity contribution in [1.82, 2.24) is 4.90 Å². The number of rotatable bonds is 4. The number of para-hydroxylation sites is 1. The molecule has 6 nitrogen and oxygen atoms in total. The number of nitrogens with zero attached hydrogens (tertiary/aromatic N) is 2. The molecule has 2 rings (SSSR count). The zero-order valence-electron chi connectivity index (χ0n) is 10.2. The van der Waals surface area contributed by atoms with Crippen LogP contribution in [0.1, 0.15) is 18.4 Å². The Morgan fingerprint density at radius 3 is 2.83 bits per heavy atom. The Morgan fingerprint density at radius 1 is 1.50 bits per heavy atom. The number of amides is 1. The number of likely N-dealkylation sites (tertiary alicyclic amines) is 1. The van der Waals surface area contributed by atoms with Crippen LogP contribution in [0.15, 0.2) is 18.2 Å². The highest BCUT2D eigenvalue weighted by atomic mass is 16.6. The number of carbonyl (C=O) groups is 1. The van der Waals surface area contributed by atoms with Crippen molar-refractivity contribution >= 4 is 17.3 Å². The predicted octanol–water partition coefficient (Wildman–Crippen LogP) is 1.76. The van der Waals surface area contributed by atoms with Crippen molar-refractivity contribution in [2.75, 3.05) is 18.9 Å². The van der Waals surface area contributed by atoms with Gasteiger partial charge < -0.3 is 10.2 Å². The first-order valence-electron chi connectivity index (χ1n) is 5.85. The number of benzene rings is 1. The summed E-state index contributed by atoms with van der Waals surface area (Å²) < 4.78 is 0. The van der Waals surface area contributed by atoms with E-state index in [9.17, 15) is 14.9 Å². The van der Waals surface area contributed by atoms with Gasteiger partial charge in [0.05, 0.1) is 4.92 Å². The van der Waals surface area contributed by atoms with E-state index in [0.717, 1.165) is 18.5 Å². The largest absolute Gasteiger partial charge is 0.382 e. The molecule has 0 spiro atoms. The Morgan fingerprint density at radius 2 is 2.28 bits per heavy atom. The lowest BCUT2D eigenvalue weighted by Crippen LogP contribution is -2.24. The van der Waals surface area contributed by atoms with Gasteiger partial charge in [0, 0.05) is 38.2 Å². The highest BCUT2D eigenvalue weighted by Crippen LogP contribution is 2.29.